The zero-order valence-electron chi connectivity index (χ0n) is 12.7. The van der Waals surface area contributed by atoms with Gasteiger partial charge in [0.1, 0.15) is 0 Å². The fourth-order valence-corrected chi connectivity index (χ4v) is 2.45. The van der Waals surface area contributed by atoms with Gasteiger partial charge in [-0.05, 0) is 25.0 Å². The topological polar surface area (TPSA) is 32.3 Å². The van der Waals surface area contributed by atoms with Gasteiger partial charge in [0.25, 0.3) is 0 Å². The second kappa shape index (κ2) is 6.00. The van der Waals surface area contributed by atoms with Crippen molar-refractivity contribution in [1.29, 1.82) is 0 Å². The average Bonchev–Trinajstić information content (AvgIpc) is 2.41. The van der Waals surface area contributed by atoms with Gasteiger partial charge in [0.15, 0.2) is 11.6 Å². The molecule has 1 amide bonds. The standard InChI is InChI=1S/C16H22F2N2O/c1-16(2,3)15(21)19-11-6-5-9-20(10-11)13-8-4-7-12(17)14(13)18/h4,7-8,11H,5-6,9-10H2,1-3H3,(H,19,21). The van der Waals surface area contributed by atoms with Crippen LogP contribution in [0.1, 0.15) is 33.6 Å². The van der Waals surface area contributed by atoms with Gasteiger partial charge in [-0.2, -0.15) is 0 Å². The van der Waals surface area contributed by atoms with Crippen molar-refractivity contribution in [2.75, 3.05) is 18.0 Å². The summed E-state index contributed by atoms with van der Waals surface area (Å²) in [6.07, 6.45) is 1.69. The molecule has 1 heterocycles. The van der Waals surface area contributed by atoms with E-state index in [1.807, 2.05) is 20.8 Å². The first kappa shape index (κ1) is 15.7. The minimum absolute atomic E-state index is 0.0194. The maximum atomic E-state index is 13.9. The van der Waals surface area contributed by atoms with Crippen LogP contribution in [-0.2, 0) is 4.79 Å². The lowest BCUT2D eigenvalue weighted by Crippen LogP contribution is -2.50. The first-order chi connectivity index (χ1) is 9.79. The van der Waals surface area contributed by atoms with Crippen molar-refractivity contribution in [3.8, 4) is 0 Å². The Balaban J connectivity index is 2.07. The summed E-state index contributed by atoms with van der Waals surface area (Å²) >= 11 is 0. The number of benzene rings is 1. The van der Waals surface area contributed by atoms with E-state index in [2.05, 4.69) is 5.32 Å². The number of amides is 1. The molecule has 0 bridgehead atoms. The van der Waals surface area contributed by atoms with Crippen LogP contribution in [0, 0.1) is 17.0 Å². The number of carbonyl (C=O) groups excluding carboxylic acids is 1. The molecule has 21 heavy (non-hydrogen) atoms. The van der Waals surface area contributed by atoms with E-state index in [9.17, 15) is 13.6 Å². The van der Waals surface area contributed by atoms with Gasteiger partial charge in [-0.25, -0.2) is 8.78 Å². The summed E-state index contributed by atoms with van der Waals surface area (Å²) in [6, 6.07) is 4.16. The lowest BCUT2D eigenvalue weighted by molar-refractivity contribution is -0.129. The number of hydrogen-bond donors (Lipinski definition) is 1. The quantitative estimate of drug-likeness (QED) is 0.909. The molecule has 0 saturated carbocycles. The number of rotatable bonds is 2. The molecule has 1 aromatic carbocycles. The molecule has 3 nitrogen and oxygen atoms in total. The van der Waals surface area contributed by atoms with Gasteiger partial charge in [-0.1, -0.05) is 26.8 Å². The van der Waals surface area contributed by atoms with Crippen LogP contribution in [0.5, 0.6) is 0 Å². The van der Waals surface area contributed by atoms with Gasteiger partial charge >= 0.3 is 0 Å². The molecule has 0 spiro atoms. The zero-order chi connectivity index (χ0) is 15.6. The second-order valence-corrected chi connectivity index (χ2v) is 6.58. The highest BCUT2D eigenvalue weighted by atomic mass is 19.2. The van der Waals surface area contributed by atoms with E-state index in [1.54, 1.807) is 11.0 Å². The smallest absolute Gasteiger partial charge is 0.225 e. The van der Waals surface area contributed by atoms with E-state index in [-0.39, 0.29) is 17.6 Å². The predicted octanol–water partition coefficient (Wildman–Crippen LogP) is 3.10. The summed E-state index contributed by atoms with van der Waals surface area (Å²) in [6.45, 7) is 6.74. The highest BCUT2D eigenvalue weighted by molar-refractivity contribution is 5.81. The zero-order valence-corrected chi connectivity index (χ0v) is 12.7. The van der Waals surface area contributed by atoms with Gasteiger partial charge in [0, 0.05) is 24.5 Å². The third-order valence-corrected chi connectivity index (χ3v) is 3.71. The number of anilines is 1. The Hall–Kier alpha value is -1.65. The van der Waals surface area contributed by atoms with E-state index in [0.717, 1.165) is 18.9 Å². The third-order valence-electron chi connectivity index (χ3n) is 3.71. The van der Waals surface area contributed by atoms with Crippen molar-refractivity contribution in [1.82, 2.24) is 5.32 Å². The normalized spacial score (nSPS) is 19.5. The van der Waals surface area contributed by atoms with Crippen molar-refractivity contribution in [3.05, 3.63) is 29.8 Å². The van der Waals surface area contributed by atoms with Crippen molar-refractivity contribution in [3.63, 3.8) is 0 Å². The molecular formula is C16H22F2N2O. The molecule has 1 atom stereocenters. The van der Waals surface area contributed by atoms with Gasteiger partial charge < -0.3 is 10.2 Å². The molecule has 5 heteroatoms. The molecule has 0 aliphatic carbocycles. The number of piperidine rings is 1. The summed E-state index contributed by atoms with van der Waals surface area (Å²) in [5.74, 6) is -1.68. The Labute approximate surface area is 124 Å². The second-order valence-electron chi connectivity index (χ2n) is 6.58. The Bertz CT molecular complexity index is 525. The number of carbonyl (C=O) groups is 1. The van der Waals surface area contributed by atoms with Gasteiger partial charge in [-0.3, -0.25) is 4.79 Å². The van der Waals surface area contributed by atoms with E-state index in [1.165, 1.54) is 6.07 Å². The van der Waals surface area contributed by atoms with Crippen LogP contribution in [0.2, 0.25) is 0 Å². The van der Waals surface area contributed by atoms with Gasteiger partial charge in [0.05, 0.1) is 5.69 Å². The molecule has 1 unspecified atom stereocenters. The maximum absolute atomic E-state index is 13.9. The summed E-state index contributed by atoms with van der Waals surface area (Å²) in [4.78, 5) is 13.8. The molecule has 0 aromatic heterocycles. The van der Waals surface area contributed by atoms with Gasteiger partial charge in [-0.15, -0.1) is 0 Å². The Kier molecular flexibility index (Phi) is 4.49. The van der Waals surface area contributed by atoms with Crippen LogP contribution in [0.25, 0.3) is 0 Å². The van der Waals surface area contributed by atoms with Crippen LogP contribution in [0.4, 0.5) is 14.5 Å². The number of nitrogens with zero attached hydrogens (tertiary/aromatic N) is 1. The highest BCUT2D eigenvalue weighted by Gasteiger charge is 2.28. The monoisotopic (exact) mass is 296 g/mol. The van der Waals surface area contributed by atoms with Crippen molar-refractivity contribution in [2.24, 2.45) is 5.41 Å². The molecule has 2 rings (SSSR count). The minimum atomic E-state index is -0.839. The molecule has 1 aliphatic heterocycles. The van der Waals surface area contributed by atoms with Crippen LogP contribution < -0.4 is 10.2 Å². The fraction of sp³-hybridized carbons (Fsp3) is 0.562. The molecule has 1 aromatic rings. The van der Waals surface area contributed by atoms with E-state index < -0.39 is 17.0 Å². The molecule has 1 fully saturated rings. The van der Waals surface area contributed by atoms with Crippen molar-refractivity contribution < 1.29 is 13.6 Å². The van der Waals surface area contributed by atoms with Crippen molar-refractivity contribution >= 4 is 11.6 Å². The average molecular weight is 296 g/mol. The largest absolute Gasteiger partial charge is 0.367 e. The molecule has 1 aliphatic rings. The van der Waals surface area contributed by atoms with Crippen LogP contribution in [0.15, 0.2) is 18.2 Å². The lowest BCUT2D eigenvalue weighted by atomic mass is 9.94. The number of halogens is 2. The molecule has 0 radical (unpaired) electrons. The minimum Gasteiger partial charge on any atom is -0.367 e. The first-order valence-electron chi connectivity index (χ1n) is 7.29. The first-order valence-corrected chi connectivity index (χ1v) is 7.29. The van der Waals surface area contributed by atoms with Crippen LogP contribution in [0.3, 0.4) is 0 Å². The molecule has 1 saturated heterocycles. The lowest BCUT2D eigenvalue weighted by Gasteiger charge is -2.36. The Morgan fingerprint density at radius 3 is 2.71 bits per heavy atom. The predicted molar refractivity (Wildman–Crippen MR) is 79.2 cm³/mol. The van der Waals surface area contributed by atoms with Crippen molar-refractivity contribution in [2.45, 2.75) is 39.7 Å². The molecule has 116 valence electrons. The Morgan fingerprint density at radius 1 is 1.33 bits per heavy atom. The van der Waals surface area contributed by atoms with E-state index >= 15 is 0 Å². The van der Waals surface area contributed by atoms with E-state index in [0.29, 0.717) is 13.1 Å². The summed E-state index contributed by atoms with van der Waals surface area (Å²) in [5.41, 5.74) is -0.184. The van der Waals surface area contributed by atoms with Gasteiger partial charge in [0.2, 0.25) is 5.91 Å². The third kappa shape index (κ3) is 3.71. The Morgan fingerprint density at radius 2 is 2.05 bits per heavy atom. The fourth-order valence-electron chi connectivity index (χ4n) is 2.45. The summed E-state index contributed by atoms with van der Waals surface area (Å²) in [5, 5.41) is 3.00. The van der Waals surface area contributed by atoms with Crippen LogP contribution in [-0.4, -0.2) is 25.0 Å². The highest BCUT2D eigenvalue weighted by Crippen LogP contribution is 2.25. The molecular weight excluding hydrogens is 274 g/mol. The summed E-state index contributed by atoms with van der Waals surface area (Å²) in [7, 11) is 0. The SMILES string of the molecule is CC(C)(C)C(=O)NC1CCCN(c2cccc(F)c2F)C1. The number of nitrogens with one attached hydrogen (secondary N) is 1. The number of hydrogen-bond acceptors (Lipinski definition) is 2. The summed E-state index contributed by atoms with van der Waals surface area (Å²) < 4.78 is 27.2. The molecule has 1 N–H and O–H groups in total. The van der Waals surface area contributed by atoms with E-state index in [4.69, 9.17) is 0 Å². The maximum Gasteiger partial charge on any atom is 0.225 e. The van der Waals surface area contributed by atoms with Crippen LogP contribution >= 0.6 is 0 Å².